The van der Waals surface area contributed by atoms with Gasteiger partial charge in [0, 0.05) is 23.1 Å². The van der Waals surface area contributed by atoms with E-state index in [-0.39, 0.29) is 17.5 Å². The lowest BCUT2D eigenvalue weighted by atomic mass is 10.1. The van der Waals surface area contributed by atoms with Crippen LogP contribution in [0.4, 0.5) is 10.2 Å². The Labute approximate surface area is 191 Å². The molecule has 0 fully saturated rings. The zero-order valence-electron chi connectivity index (χ0n) is 18.6. The van der Waals surface area contributed by atoms with Gasteiger partial charge in [-0.25, -0.2) is 9.07 Å². The van der Waals surface area contributed by atoms with Crippen LogP contribution in [0.2, 0.25) is 0 Å². The number of fused-ring (bicyclic) bond motifs is 1. The highest BCUT2D eigenvalue weighted by Gasteiger charge is 2.17. The fourth-order valence-electron chi connectivity index (χ4n) is 3.98. The second-order valence-corrected chi connectivity index (χ2v) is 8.11. The van der Waals surface area contributed by atoms with E-state index in [1.165, 1.54) is 16.8 Å². The molecule has 1 amide bonds. The number of rotatable bonds is 7. The van der Waals surface area contributed by atoms with Crippen LogP contribution in [0.1, 0.15) is 34.5 Å². The first kappa shape index (κ1) is 22.1. The van der Waals surface area contributed by atoms with Crippen molar-refractivity contribution in [2.45, 2.75) is 33.1 Å². The highest BCUT2D eigenvalue weighted by atomic mass is 19.1. The number of H-pyrrole nitrogens is 1. The predicted molar refractivity (Wildman–Crippen MR) is 125 cm³/mol. The molecule has 4 N–H and O–H groups in total. The summed E-state index contributed by atoms with van der Waals surface area (Å²) in [6.45, 7) is 4.46. The van der Waals surface area contributed by atoms with E-state index in [2.05, 4.69) is 27.5 Å². The molecule has 0 atom stereocenters. The maximum Gasteiger partial charge on any atom is 0.224 e. The lowest BCUT2D eigenvalue weighted by Crippen LogP contribution is -2.26. The van der Waals surface area contributed by atoms with Gasteiger partial charge in [0.15, 0.2) is 0 Å². The Bertz CT molecular complexity index is 1360. The normalized spacial score (nSPS) is 11.0. The van der Waals surface area contributed by atoms with Gasteiger partial charge in [-0.15, -0.1) is 0 Å². The molecule has 2 aromatic heterocycles. The van der Waals surface area contributed by atoms with Gasteiger partial charge >= 0.3 is 0 Å². The summed E-state index contributed by atoms with van der Waals surface area (Å²) in [6.07, 6.45) is 1.38. The number of nitriles is 1. The van der Waals surface area contributed by atoms with Gasteiger partial charge in [-0.05, 0) is 68.7 Å². The Morgan fingerprint density at radius 2 is 2.00 bits per heavy atom. The highest BCUT2D eigenvalue weighted by Crippen LogP contribution is 2.24. The smallest absolute Gasteiger partial charge is 0.224 e. The summed E-state index contributed by atoms with van der Waals surface area (Å²) >= 11 is 0. The van der Waals surface area contributed by atoms with Crippen molar-refractivity contribution in [1.82, 2.24) is 20.1 Å². The van der Waals surface area contributed by atoms with Gasteiger partial charge in [0.25, 0.3) is 0 Å². The van der Waals surface area contributed by atoms with Crippen LogP contribution >= 0.6 is 0 Å². The van der Waals surface area contributed by atoms with E-state index in [9.17, 15) is 14.4 Å². The van der Waals surface area contributed by atoms with E-state index in [1.54, 1.807) is 12.1 Å². The molecule has 4 rings (SSSR count). The van der Waals surface area contributed by atoms with Gasteiger partial charge in [0.1, 0.15) is 23.3 Å². The molecule has 7 nitrogen and oxygen atoms in total. The number of nitrogen functional groups attached to an aromatic ring is 1. The molecule has 0 bridgehead atoms. The Morgan fingerprint density at radius 1 is 1.24 bits per heavy atom. The van der Waals surface area contributed by atoms with Crippen molar-refractivity contribution in [3.05, 3.63) is 76.4 Å². The third-order valence-corrected chi connectivity index (χ3v) is 5.70. The Morgan fingerprint density at radius 3 is 2.73 bits per heavy atom. The maximum atomic E-state index is 13.2. The molecule has 2 aromatic carbocycles. The number of benzene rings is 2. The fourth-order valence-corrected chi connectivity index (χ4v) is 3.98. The minimum Gasteiger partial charge on any atom is -0.382 e. The summed E-state index contributed by atoms with van der Waals surface area (Å²) in [5, 5.41) is 18.0. The number of aryl methyl sites for hydroxylation is 3. The Kier molecular flexibility index (Phi) is 6.13. The molecule has 33 heavy (non-hydrogen) atoms. The number of hydrogen-bond acceptors (Lipinski definition) is 4. The Balaban J connectivity index is 1.37. The number of carbonyl (C=O) groups is 1. The van der Waals surface area contributed by atoms with Gasteiger partial charge in [0.2, 0.25) is 5.91 Å². The SMILES string of the molecule is Cc1ccc2[nH]c(C)c(CC(=O)NCCCc3nn(-c4ccc(F)cc4)c(N)c3C#N)c2c1. The molecular formula is C25H25FN6O. The molecule has 0 unspecified atom stereocenters. The molecule has 0 aliphatic rings. The molecule has 0 saturated carbocycles. The summed E-state index contributed by atoms with van der Waals surface area (Å²) in [5.41, 5.74) is 11.7. The van der Waals surface area contributed by atoms with Gasteiger partial charge in [-0.1, -0.05) is 11.6 Å². The van der Waals surface area contributed by atoms with Crippen LogP contribution in [0.3, 0.4) is 0 Å². The molecule has 0 spiro atoms. The lowest BCUT2D eigenvalue weighted by Gasteiger charge is -2.06. The standard InChI is InChI=1S/C25H25FN6O/c1-15-5-10-22-20(12-15)19(16(2)30-22)13-24(33)29-11-3-4-23-21(14-27)25(28)32(31-23)18-8-6-17(26)7-9-18/h5-10,12,30H,3-4,11,13,28H2,1-2H3,(H,29,33). The third-order valence-electron chi connectivity index (χ3n) is 5.70. The number of aromatic nitrogens is 3. The lowest BCUT2D eigenvalue weighted by molar-refractivity contribution is -0.120. The van der Waals surface area contributed by atoms with E-state index in [0.717, 1.165) is 27.7 Å². The van der Waals surface area contributed by atoms with Gasteiger partial charge in [0.05, 0.1) is 17.8 Å². The maximum absolute atomic E-state index is 13.2. The van der Waals surface area contributed by atoms with Crippen LogP contribution in [0.15, 0.2) is 42.5 Å². The second kappa shape index (κ2) is 9.17. The average molecular weight is 445 g/mol. The van der Waals surface area contributed by atoms with Crippen molar-refractivity contribution in [2.24, 2.45) is 0 Å². The molecule has 0 radical (unpaired) electrons. The van der Waals surface area contributed by atoms with Crippen LogP contribution in [0.5, 0.6) is 0 Å². The van der Waals surface area contributed by atoms with Crippen LogP contribution < -0.4 is 11.1 Å². The number of nitrogens with one attached hydrogen (secondary N) is 2. The minimum absolute atomic E-state index is 0.0580. The van der Waals surface area contributed by atoms with E-state index < -0.39 is 0 Å². The number of halogens is 1. The summed E-state index contributed by atoms with van der Waals surface area (Å²) in [4.78, 5) is 15.9. The number of carbonyl (C=O) groups excluding carboxylic acids is 1. The van der Waals surface area contributed by atoms with Crippen molar-refractivity contribution in [3.63, 3.8) is 0 Å². The molecule has 168 valence electrons. The number of amides is 1. The molecule has 0 aliphatic heterocycles. The summed E-state index contributed by atoms with van der Waals surface area (Å²) in [5.74, 6) is -0.204. The van der Waals surface area contributed by atoms with Crippen LogP contribution in [-0.2, 0) is 17.6 Å². The van der Waals surface area contributed by atoms with E-state index in [0.29, 0.717) is 42.8 Å². The monoisotopic (exact) mass is 444 g/mol. The number of nitrogens with zero attached hydrogens (tertiary/aromatic N) is 3. The highest BCUT2D eigenvalue weighted by molar-refractivity contribution is 5.90. The predicted octanol–water partition coefficient (Wildman–Crippen LogP) is 3.85. The Hall–Kier alpha value is -4.12. The molecular weight excluding hydrogens is 419 g/mol. The van der Waals surface area contributed by atoms with E-state index >= 15 is 0 Å². The van der Waals surface area contributed by atoms with Crippen molar-refractivity contribution >= 4 is 22.6 Å². The zero-order valence-corrected chi connectivity index (χ0v) is 18.6. The fraction of sp³-hybridized carbons (Fsp3) is 0.240. The molecule has 8 heteroatoms. The first-order valence-electron chi connectivity index (χ1n) is 10.7. The molecule has 2 heterocycles. The van der Waals surface area contributed by atoms with Gasteiger partial charge < -0.3 is 16.0 Å². The number of nitrogens with two attached hydrogens (primary N) is 1. The van der Waals surface area contributed by atoms with Gasteiger partial charge in [-0.2, -0.15) is 10.4 Å². The number of aromatic amines is 1. The quantitative estimate of drug-likeness (QED) is 0.376. The zero-order chi connectivity index (χ0) is 23.5. The van der Waals surface area contributed by atoms with Gasteiger partial charge in [-0.3, -0.25) is 4.79 Å². The van der Waals surface area contributed by atoms with Crippen LogP contribution in [0, 0.1) is 31.0 Å². The molecule has 0 aliphatic carbocycles. The topological polar surface area (TPSA) is 113 Å². The summed E-state index contributed by atoms with van der Waals surface area (Å²) in [6, 6.07) is 14.0. The minimum atomic E-state index is -0.362. The first-order valence-corrected chi connectivity index (χ1v) is 10.7. The van der Waals surface area contributed by atoms with Crippen LogP contribution in [-0.4, -0.2) is 27.2 Å². The number of anilines is 1. The van der Waals surface area contributed by atoms with Crippen LogP contribution in [0.25, 0.3) is 16.6 Å². The molecule has 0 saturated heterocycles. The molecule has 4 aromatic rings. The van der Waals surface area contributed by atoms with Crippen molar-refractivity contribution < 1.29 is 9.18 Å². The van der Waals surface area contributed by atoms with E-state index in [1.807, 2.05) is 26.0 Å². The van der Waals surface area contributed by atoms with Crippen molar-refractivity contribution in [3.8, 4) is 11.8 Å². The van der Waals surface area contributed by atoms with E-state index in [4.69, 9.17) is 5.73 Å². The van der Waals surface area contributed by atoms with Crippen molar-refractivity contribution in [2.75, 3.05) is 12.3 Å². The number of hydrogen-bond donors (Lipinski definition) is 3. The van der Waals surface area contributed by atoms with Crippen molar-refractivity contribution in [1.29, 1.82) is 5.26 Å². The third kappa shape index (κ3) is 4.58. The summed E-state index contributed by atoms with van der Waals surface area (Å²) < 4.78 is 14.6. The average Bonchev–Trinajstić information content (AvgIpc) is 3.27. The second-order valence-electron chi connectivity index (χ2n) is 8.11. The summed E-state index contributed by atoms with van der Waals surface area (Å²) in [7, 11) is 0. The largest absolute Gasteiger partial charge is 0.382 e. The first-order chi connectivity index (χ1) is 15.9.